The van der Waals surface area contributed by atoms with Crippen molar-refractivity contribution in [3.8, 4) is 0 Å². The molecule has 0 unspecified atom stereocenters. The van der Waals surface area contributed by atoms with Crippen molar-refractivity contribution in [2.45, 2.75) is 50.8 Å². The smallest absolute Gasteiger partial charge is 0.0896 e. The fourth-order valence-electron chi connectivity index (χ4n) is 3.01. The Balaban J connectivity index is 1.93. The first-order valence-corrected chi connectivity index (χ1v) is 6.33. The third-order valence-electron chi connectivity index (χ3n) is 4.06. The molecule has 2 nitrogen and oxygen atoms in total. The second kappa shape index (κ2) is 3.86. The van der Waals surface area contributed by atoms with Gasteiger partial charge in [-0.05, 0) is 29.5 Å². The van der Waals surface area contributed by atoms with E-state index in [0.717, 1.165) is 44.3 Å². The zero-order valence-electron chi connectivity index (χ0n) is 9.63. The molecule has 16 heavy (non-hydrogen) atoms. The number of nitrogens with one attached hydrogen (secondary N) is 1. The molecule has 1 aromatic carbocycles. The molecule has 1 aliphatic heterocycles. The zero-order valence-corrected chi connectivity index (χ0v) is 9.63. The summed E-state index contributed by atoms with van der Waals surface area (Å²) in [6, 6.07) is 6.51. The normalized spacial score (nSPS) is 23.1. The largest absolute Gasteiger partial charge is 0.385 e. The predicted molar refractivity (Wildman–Crippen MR) is 64.0 cm³/mol. The van der Waals surface area contributed by atoms with E-state index in [1.807, 2.05) is 0 Å². The van der Waals surface area contributed by atoms with Gasteiger partial charge in [0.05, 0.1) is 5.60 Å². The molecule has 1 aliphatic carbocycles. The summed E-state index contributed by atoms with van der Waals surface area (Å²) in [7, 11) is 0. The molecule has 2 heteroatoms. The summed E-state index contributed by atoms with van der Waals surface area (Å²) >= 11 is 0. The van der Waals surface area contributed by atoms with Crippen LogP contribution in [-0.4, -0.2) is 5.11 Å². The fraction of sp³-hybridized carbons (Fsp3) is 0.571. The third-order valence-corrected chi connectivity index (χ3v) is 4.06. The van der Waals surface area contributed by atoms with E-state index in [4.69, 9.17) is 0 Å². The van der Waals surface area contributed by atoms with E-state index in [-0.39, 0.29) is 0 Å². The van der Waals surface area contributed by atoms with Gasteiger partial charge < -0.3 is 10.4 Å². The predicted octanol–water partition coefficient (Wildman–Crippen LogP) is 2.44. The highest BCUT2D eigenvalue weighted by atomic mass is 16.3. The second-order valence-corrected chi connectivity index (χ2v) is 5.18. The van der Waals surface area contributed by atoms with E-state index in [0.29, 0.717) is 0 Å². The zero-order chi connectivity index (χ0) is 11.0. The lowest BCUT2D eigenvalue weighted by molar-refractivity contribution is -0.000685. The van der Waals surface area contributed by atoms with Crippen LogP contribution in [-0.2, 0) is 18.7 Å². The molecule has 0 saturated heterocycles. The van der Waals surface area contributed by atoms with Crippen LogP contribution in [0.3, 0.4) is 0 Å². The molecule has 2 N–H and O–H groups in total. The van der Waals surface area contributed by atoms with Crippen molar-refractivity contribution in [1.82, 2.24) is 5.32 Å². The summed E-state index contributed by atoms with van der Waals surface area (Å²) in [4.78, 5) is 0. The van der Waals surface area contributed by atoms with Crippen molar-refractivity contribution in [2.75, 3.05) is 0 Å². The van der Waals surface area contributed by atoms with Gasteiger partial charge in [-0.1, -0.05) is 37.5 Å². The minimum atomic E-state index is -0.546. The maximum Gasteiger partial charge on any atom is 0.0896 e. The molecule has 1 heterocycles. The number of hydrogen-bond donors (Lipinski definition) is 2. The van der Waals surface area contributed by atoms with Gasteiger partial charge >= 0.3 is 0 Å². The van der Waals surface area contributed by atoms with Crippen molar-refractivity contribution in [2.24, 2.45) is 0 Å². The lowest BCUT2D eigenvalue weighted by Gasteiger charge is -2.32. The average Bonchev–Trinajstić information content (AvgIpc) is 2.77. The maximum atomic E-state index is 10.7. The molecule has 1 aromatic rings. The molecule has 0 aromatic heterocycles. The van der Waals surface area contributed by atoms with E-state index in [1.165, 1.54) is 17.5 Å². The number of hydrogen-bond acceptors (Lipinski definition) is 2. The molecule has 1 saturated carbocycles. The van der Waals surface area contributed by atoms with Gasteiger partial charge in [0, 0.05) is 13.1 Å². The van der Waals surface area contributed by atoms with Gasteiger partial charge in [0.25, 0.3) is 0 Å². The molecule has 0 atom stereocenters. The van der Waals surface area contributed by atoms with Crippen LogP contribution in [0.5, 0.6) is 0 Å². The minimum Gasteiger partial charge on any atom is -0.385 e. The van der Waals surface area contributed by atoms with Gasteiger partial charge in [-0.15, -0.1) is 0 Å². The van der Waals surface area contributed by atoms with Crippen LogP contribution < -0.4 is 5.32 Å². The molecule has 2 aliphatic rings. The first-order chi connectivity index (χ1) is 7.78. The Morgan fingerprint density at radius 3 is 2.56 bits per heavy atom. The van der Waals surface area contributed by atoms with Crippen molar-refractivity contribution >= 4 is 0 Å². The maximum absolute atomic E-state index is 10.7. The van der Waals surface area contributed by atoms with Crippen LogP contribution >= 0.6 is 0 Å². The molecule has 3 rings (SSSR count). The molecule has 0 bridgehead atoms. The van der Waals surface area contributed by atoms with Crippen LogP contribution in [0.25, 0.3) is 0 Å². The molecular formula is C14H19NO. The van der Waals surface area contributed by atoms with Gasteiger partial charge in [-0.2, -0.15) is 0 Å². The molecule has 0 spiro atoms. The number of fused-ring (bicyclic) bond motifs is 1. The van der Waals surface area contributed by atoms with E-state index in [2.05, 4.69) is 23.5 Å². The number of benzene rings is 1. The fourth-order valence-corrected chi connectivity index (χ4v) is 3.01. The Kier molecular flexibility index (Phi) is 2.49. The van der Waals surface area contributed by atoms with E-state index < -0.39 is 5.60 Å². The third kappa shape index (κ3) is 1.66. The van der Waals surface area contributed by atoms with Crippen LogP contribution in [0.2, 0.25) is 0 Å². The van der Waals surface area contributed by atoms with Gasteiger partial charge in [-0.25, -0.2) is 0 Å². The lowest BCUT2D eigenvalue weighted by atomic mass is 9.79. The van der Waals surface area contributed by atoms with E-state index in [1.54, 1.807) is 0 Å². The average molecular weight is 217 g/mol. The standard InChI is InChI=1S/C14H19NO/c16-14(6-2-1-3-7-14)13-5-4-11-9-15-10-12(11)8-13/h4-5,8,15-16H,1-3,6-7,9-10H2. The topological polar surface area (TPSA) is 32.3 Å². The molecule has 0 amide bonds. The summed E-state index contributed by atoms with van der Waals surface area (Å²) in [6.07, 6.45) is 5.45. The van der Waals surface area contributed by atoms with Crippen molar-refractivity contribution in [3.05, 3.63) is 34.9 Å². The highest BCUT2D eigenvalue weighted by molar-refractivity contribution is 5.37. The Labute approximate surface area is 96.7 Å². The van der Waals surface area contributed by atoms with Crippen LogP contribution in [0, 0.1) is 0 Å². The van der Waals surface area contributed by atoms with Crippen LogP contribution in [0.4, 0.5) is 0 Å². The highest BCUT2D eigenvalue weighted by Gasteiger charge is 2.31. The lowest BCUT2D eigenvalue weighted by Crippen LogP contribution is -2.28. The Morgan fingerprint density at radius 1 is 1.00 bits per heavy atom. The van der Waals surface area contributed by atoms with Gasteiger partial charge in [-0.3, -0.25) is 0 Å². The quantitative estimate of drug-likeness (QED) is 0.757. The van der Waals surface area contributed by atoms with Crippen molar-refractivity contribution in [3.63, 3.8) is 0 Å². The second-order valence-electron chi connectivity index (χ2n) is 5.18. The molecule has 1 fully saturated rings. The Hall–Kier alpha value is -0.860. The number of aliphatic hydroxyl groups is 1. The molecule has 86 valence electrons. The van der Waals surface area contributed by atoms with Crippen LogP contribution in [0.1, 0.15) is 48.8 Å². The van der Waals surface area contributed by atoms with Gasteiger partial charge in [0.15, 0.2) is 0 Å². The summed E-state index contributed by atoms with van der Waals surface area (Å²) in [5.41, 5.74) is 3.35. The summed E-state index contributed by atoms with van der Waals surface area (Å²) in [5.74, 6) is 0. The minimum absolute atomic E-state index is 0.546. The monoisotopic (exact) mass is 217 g/mol. The van der Waals surface area contributed by atoms with E-state index >= 15 is 0 Å². The number of rotatable bonds is 1. The SMILES string of the molecule is OC1(c2ccc3c(c2)CNC3)CCCCC1. The first-order valence-electron chi connectivity index (χ1n) is 6.33. The van der Waals surface area contributed by atoms with Crippen molar-refractivity contribution < 1.29 is 5.11 Å². The Morgan fingerprint density at radius 2 is 1.75 bits per heavy atom. The summed E-state index contributed by atoms with van der Waals surface area (Å²) in [5, 5.41) is 14.0. The van der Waals surface area contributed by atoms with Gasteiger partial charge in [0.2, 0.25) is 0 Å². The molecule has 0 radical (unpaired) electrons. The Bertz CT molecular complexity index is 394. The molecular weight excluding hydrogens is 198 g/mol. The van der Waals surface area contributed by atoms with Crippen LogP contribution in [0.15, 0.2) is 18.2 Å². The van der Waals surface area contributed by atoms with Gasteiger partial charge in [0.1, 0.15) is 0 Å². The van der Waals surface area contributed by atoms with Crippen molar-refractivity contribution in [1.29, 1.82) is 0 Å². The summed E-state index contributed by atoms with van der Waals surface area (Å²) in [6.45, 7) is 1.94. The highest BCUT2D eigenvalue weighted by Crippen LogP contribution is 2.37. The first kappa shape index (κ1) is 10.3. The summed E-state index contributed by atoms with van der Waals surface area (Å²) < 4.78 is 0. The van der Waals surface area contributed by atoms with E-state index in [9.17, 15) is 5.11 Å².